The molecule has 2 amide bonds. The molecule has 2 aromatic carbocycles. The number of amides is 2. The quantitative estimate of drug-likeness (QED) is 0.645. The minimum atomic E-state index is -0.412. The minimum absolute atomic E-state index is 0.0465. The van der Waals surface area contributed by atoms with Crippen LogP contribution in [0.4, 0.5) is 17.1 Å². The highest BCUT2D eigenvalue weighted by molar-refractivity contribution is 6.09. The summed E-state index contributed by atoms with van der Waals surface area (Å²) in [5.41, 5.74) is 4.97. The Morgan fingerprint density at radius 2 is 1.69 bits per heavy atom. The van der Waals surface area contributed by atoms with Gasteiger partial charge in [0.1, 0.15) is 6.54 Å². The Morgan fingerprint density at radius 3 is 2.37 bits per heavy atom. The zero-order valence-electron chi connectivity index (χ0n) is 20.5. The molecule has 0 bridgehead atoms. The van der Waals surface area contributed by atoms with Crippen molar-refractivity contribution in [1.82, 2.24) is 4.90 Å². The van der Waals surface area contributed by atoms with Gasteiger partial charge in [-0.1, -0.05) is 18.2 Å². The fourth-order valence-corrected chi connectivity index (χ4v) is 4.39. The van der Waals surface area contributed by atoms with Crippen LogP contribution in [-0.4, -0.2) is 62.0 Å². The third-order valence-corrected chi connectivity index (χ3v) is 6.45. The molecule has 2 heterocycles. The molecule has 1 fully saturated rings. The van der Waals surface area contributed by atoms with E-state index in [0.717, 1.165) is 29.9 Å². The molecule has 2 aliphatic rings. The van der Waals surface area contributed by atoms with E-state index in [4.69, 9.17) is 4.74 Å². The van der Waals surface area contributed by atoms with Crippen molar-refractivity contribution in [3.63, 3.8) is 0 Å². The Balaban J connectivity index is 1.51. The number of fused-ring (bicyclic) bond motifs is 1. The highest BCUT2D eigenvalue weighted by Gasteiger charge is 2.29. The van der Waals surface area contributed by atoms with Crippen molar-refractivity contribution in [2.24, 2.45) is 0 Å². The fourth-order valence-electron chi connectivity index (χ4n) is 4.39. The molecule has 35 heavy (non-hydrogen) atoms. The van der Waals surface area contributed by atoms with Gasteiger partial charge in [0, 0.05) is 43.6 Å². The highest BCUT2D eigenvalue weighted by Crippen LogP contribution is 2.33. The number of nitrogens with zero attached hydrogens (tertiary/aromatic N) is 3. The second-order valence-corrected chi connectivity index (χ2v) is 8.86. The number of nitrogens with one attached hydrogen (secondary N) is 1. The summed E-state index contributed by atoms with van der Waals surface area (Å²) >= 11 is 0. The monoisotopic (exact) mass is 476 g/mol. The molecule has 0 saturated carbocycles. The first-order valence-electron chi connectivity index (χ1n) is 12.0. The van der Waals surface area contributed by atoms with Crippen molar-refractivity contribution in [1.29, 1.82) is 0 Å². The normalized spacial score (nSPS) is 15.7. The lowest BCUT2D eigenvalue weighted by Crippen LogP contribution is -2.52. The predicted molar refractivity (Wildman–Crippen MR) is 136 cm³/mol. The molecule has 2 aromatic rings. The molecule has 2 aliphatic heterocycles. The molecule has 0 unspecified atom stereocenters. The van der Waals surface area contributed by atoms with Crippen LogP contribution in [0.15, 0.2) is 54.2 Å². The number of benzene rings is 2. The number of piperazine rings is 1. The molecule has 0 spiro atoms. The maximum Gasteiger partial charge on any atom is 0.311 e. The predicted octanol–water partition coefficient (Wildman–Crippen LogP) is 3.25. The lowest BCUT2D eigenvalue weighted by atomic mass is 10.1. The number of carbonyl (C=O) groups is 3. The Labute approximate surface area is 206 Å². The number of carbonyl (C=O) groups excluding carboxylic acids is 3. The first kappa shape index (κ1) is 24.3. The van der Waals surface area contributed by atoms with E-state index < -0.39 is 5.97 Å². The Morgan fingerprint density at radius 1 is 1.00 bits per heavy atom. The van der Waals surface area contributed by atoms with Crippen LogP contribution in [0, 0.1) is 13.8 Å². The molecular weight excluding hydrogens is 444 g/mol. The summed E-state index contributed by atoms with van der Waals surface area (Å²) in [5, 5.41) is 3.22. The fraction of sp³-hybridized carbons (Fsp3) is 0.370. The summed E-state index contributed by atoms with van der Waals surface area (Å²) in [6.45, 7) is 8.58. The van der Waals surface area contributed by atoms with Crippen LogP contribution in [0.2, 0.25) is 0 Å². The number of para-hydroxylation sites is 1. The summed E-state index contributed by atoms with van der Waals surface area (Å²) in [6, 6.07) is 14.0. The molecule has 0 atom stereocenters. The number of aryl methyl sites for hydroxylation is 2. The van der Waals surface area contributed by atoms with E-state index in [2.05, 4.69) is 22.3 Å². The smallest absolute Gasteiger partial charge is 0.311 e. The zero-order chi connectivity index (χ0) is 24.9. The number of ether oxygens (including phenoxy) is 1. The summed E-state index contributed by atoms with van der Waals surface area (Å²) < 4.78 is 5.05. The van der Waals surface area contributed by atoms with Crippen LogP contribution < -0.4 is 15.1 Å². The van der Waals surface area contributed by atoms with E-state index in [1.165, 1.54) is 11.0 Å². The van der Waals surface area contributed by atoms with Crippen LogP contribution >= 0.6 is 0 Å². The topological polar surface area (TPSA) is 82.2 Å². The first-order chi connectivity index (χ1) is 16.9. The Bertz CT molecular complexity index is 1140. The van der Waals surface area contributed by atoms with Gasteiger partial charge in [-0.15, -0.1) is 0 Å². The van der Waals surface area contributed by atoms with Crippen molar-refractivity contribution in [3.05, 3.63) is 65.4 Å². The van der Waals surface area contributed by atoms with Gasteiger partial charge in [-0.25, -0.2) is 0 Å². The van der Waals surface area contributed by atoms with Crippen molar-refractivity contribution in [2.75, 3.05) is 54.4 Å². The molecule has 8 nitrogen and oxygen atoms in total. The maximum atomic E-state index is 13.3. The average Bonchev–Trinajstić information content (AvgIpc) is 2.96. The van der Waals surface area contributed by atoms with Crippen molar-refractivity contribution < 1.29 is 19.1 Å². The second-order valence-electron chi connectivity index (χ2n) is 8.86. The molecule has 4 rings (SSSR count). The third kappa shape index (κ3) is 5.65. The van der Waals surface area contributed by atoms with Crippen LogP contribution in [0.1, 0.15) is 24.5 Å². The van der Waals surface area contributed by atoms with E-state index in [0.29, 0.717) is 30.2 Å². The molecule has 1 saturated heterocycles. The average molecular weight is 477 g/mol. The summed E-state index contributed by atoms with van der Waals surface area (Å²) in [5.74, 6) is -0.849. The summed E-state index contributed by atoms with van der Waals surface area (Å²) in [4.78, 5) is 44.2. The summed E-state index contributed by atoms with van der Waals surface area (Å²) in [6.07, 6.45) is 1.34. The number of hydrogen-bond donors (Lipinski definition) is 1. The molecule has 8 heteroatoms. The van der Waals surface area contributed by atoms with Gasteiger partial charge < -0.3 is 19.9 Å². The number of rotatable bonds is 6. The minimum Gasteiger partial charge on any atom is -0.466 e. The number of hydrogen-bond acceptors (Lipinski definition) is 6. The van der Waals surface area contributed by atoms with Crippen molar-refractivity contribution >= 4 is 34.8 Å². The standard InChI is InChI=1S/C27H32N4O4/c1-4-35-27(34)17-21-16-25(32)31(24-15-20(3)19(2)14-23(24)28-21)18-26(33)30-12-10-29(11-13-30)22-8-6-5-7-9-22/h5-9,14-16,28H,4,10-13,17-18H2,1-3H3. The molecule has 184 valence electrons. The van der Waals surface area contributed by atoms with Crippen LogP contribution in [-0.2, 0) is 19.1 Å². The van der Waals surface area contributed by atoms with Gasteiger partial charge in [-0.2, -0.15) is 0 Å². The maximum absolute atomic E-state index is 13.3. The Kier molecular flexibility index (Phi) is 7.39. The van der Waals surface area contributed by atoms with E-state index in [1.54, 1.807) is 6.92 Å². The zero-order valence-corrected chi connectivity index (χ0v) is 20.5. The lowest BCUT2D eigenvalue weighted by molar-refractivity contribution is -0.142. The van der Waals surface area contributed by atoms with Gasteiger partial charge in [-0.3, -0.25) is 19.3 Å². The van der Waals surface area contributed by atoms with Gasteiger partial charge >= 0.3 is 5.97 Å². The van der Waals surface area contributed by atoms with Crippen molar-refractivity contribution in [2.45, 2.75) is 27.2 Å². The van der Waals surface area contributed by atoms with Crippen molar-refractivity contribution in [3.8, 4) is 0 Å². The highest BCUT2D eigenvalue weighted by atomic mass is 16.5. The number of anilines is 3. The second kappa shape index (κ2) is 10.6. The molecular formula is C27H32N4O4. The van der Waals surface area contributed by atoms with Gasteiger partial charge in [0.2, 0.25) is 5.91 Å². The molecule has 1 N–H and O–H groups in total. The van der Waals surface area contributed by atoms with Gasteiger partial charge in [0.05, 0.1) is 24.4 Å². The van der Waals surface area contributed by atoms with Gasteiger partial charge in [-0.05, 0) is 56.2 Å². The van der Waals surface area contributed by atoms with E-state index in [1.807, 2.05) is 49.1 Å². The molecule has 0 aliphatic carbocycles. The summed E-state index contributed by atoms with van der Waals surface area (Å²) in [7, 11) is 0. The third-order valence-electron chi connectivity index (χ3n) is 6.45. The largest absolute Gasteiger partial charge is 0.466 e. The number of esters is 1. The lowest BCUT2D eigenvalue weighted by Gasteiger charge is -2.37. The van der Waals surface area contributed by atoms with Crippen LogP contribution in [0.5, 0.6) is 0 Å². The first-order valence-corrected chi connectivity index (χ1v) is 12.0. The van der Waals surface area contributed by atoms with Crippen LogP contribution in [0.25, 0.3) is 0 Å². The van der Waals surface area contributed by atoms with E-state index in [9.17, 15) is 14.4 Å². The Hall–Kier alpha value is -3.81. The van der Waals surface area contributed by atoms with E-state index >= 15 is 0 Å². The van der Waals surface area contributed by atoms with Gasteiger partial charge in [0.25, 0.3) is 5.91 Å². The SMILES string of the molecule is CCOC(=O)CC1=CC(=O)N(CC(=O)N2CCN(c3ccccc3)CC2)c2cc(C)c(C)cc2N1. The molecule has 0 aromatic heterocycles. The van der Waals surface area contributed by atoms with Crippen LogP contribution in [0.3, 0.4) is 0 Å². The van der Waals surface area contributed by atoms with Gasteiger partial charge in [0.15, 0.2) is 0 Å². The van der Waals surface area contributed by atoms with E-state index in [-0.39, 0.29) is 31.4 Å². The molecule has 0 radical (unpaired) electrons.